The molecule has 0 fully saturated rings. The Labute approximate surface area is 108 Å². The fraction of sp³-hybridized carbons (Fsp3) is 0.556. The summed E-state index contributed by atoms with van der Waals surface area (Å²) in [6.07, 6.45) is 0.189. The molecule has 8 nitrogen and oxygen atoms in total. The molecule has 0 spiro atoms. The summed E-state index contributed by atoms with van der Waals surface area (Å²) in [7, 11) is 1.46. The minimum absolute atomic E-state index is 0.189. The fourth-order valence-electron chi connectivity index (χ4n) is 1.13. The van der Waals surface area contributed by atoms with E-state index in [1.165, 1.54) is 7.11 Å². The molecule has 1 atom stereocenters. The summed E-state index contributed by atoms with van der Waals surface area (Å²) >= 11 is 1.03. The van der Waals surface area contributed by atoms with Crippen LogP contribution in [0, 0.1) is 6.92 Å². The minimum Gasteiger partial charge on any atom is -0.480 e. The Hall–Kier alpha value is -1.74. The highest BCUT2D eigenvalue weighted by atomic mass is 32.1. The van der Waals surface area contributed by atoms with E-state index in [0.717, 1.165) is 11.5 Å². The van der Waals surface area contributed by atoms with Gasteiger partial charge >= 0.3 is 12.0 Å². The molecule has 0 aliphatic carbocycles. The predicted octanol–water partition coefficient (Wildman–Crippen LogP) is 0.458. The minimum atomic E-state index is -1.12. The zero-order chi connectivity index (χ0) is 13.5. The van der Waals surface area contributed by atoms with Crippen LogP contribution in [0.25, 0.3) is 0 Å². The summed E-state index contributed by atoms with van der Waals surface area (Å²) in [6.45, 7) is 1.94. The molecule has 1 heterocycles. The standard InChI is InChI=1S/C9H14N4O4S/c1-5-10-9(18-13-5)12-8(16)11-6(7(14)15)3-4-17-2/h6H,3-4H2,1-2H3,(H,14,15)(H2,10,11,12,13,16). The van der Waals surface area contributed by atoms with E-state index in [9.17, 15) is 9.59 Å². The van der Waals surface area contributed by atoms with Gasteiger partial charge in [0.1, 0.15) is 11.9 Å². The van der Waals surface area contributed by atoms with Crippen LogP contribution in [-0.4, -0.2) is 46.2 Å². The van der Waals surface area contributed by atoms with Crippen molar-refractivity contribution in [3.63, 3.8) is 0 Å². The van der Waals surface area contributed by atoms with Crippen LogP contribution in [-0.2, 0) is 9.53 Å². The van der Waals surface area contributed by atoms with E-state index in [1.54, 1.807) is 6.92 Å². The van der Waals surface area contributed by atoms with Crippen LogP contribution in [0.2, 0.25) is 0 Å². The number of nitrogens with one attached hydrogen (secondary N) is 2. The van der Waals surface area contributed by atoms with Gasteiger partial charge in [-0.05, 0) is 6.92 Å². The molecule has 0 aliphatic heterocycles. The van der Waals surface area contributed by atoms with Crippen LogP contribution >= 0.6 is 11.5 Å². The molecule has 1 aromatic heterocycles. The fourth-order valence-corrected chi connectivity index (χ4v) is 1.70. The molecule has 1 rings (SSSR count). The molecular formula is C9H14N4O4S. The Balaban J connectivity index is 2.48. The van der Waals surface area contributed by atoms with Crippen LogP contribution in [0.3, 0.4) is 0 Å². The van der Waals surface area contributed by atoms with E-state index in [1.807, 2.05) is 0 Å². The number of methoxy groups -OCH3 is 1. The highest BCUT2D eigenvalue weighted by molar-refractivity contribution is 7.09. The first-order valence-electron chi connectivity index (χ1n) is 5.12. The summed E-state index contributed by atoms with van der Waals surface area (Å²) in [4.78, 5) is 26.3. The third-order valence-electron chi connectivity index (χ3n) is 1.96. The first-order chi connectivity index (χ1) is 8.52. The highest BCUT2D eigenvalue weighted by Crippen LogP contribution is 2.09. The van der Waals surface area contributed by atoms with E-state index >= 15 is 0 Å². The molecule has 0 aliphatic rings. The number of anilines is 1. The number of carbonyl (C=O) groups is 2. The van der Waals surface area contributed by atoms with Gasteiger partial charge in [-0.1, -0.05) is 0 Å². The number of aliphatic carboxylic acids is 1. The van der Waals surface area contributed by atoms with Gasteiger partial charge in [-0.25, -0.2) is 14.6 Å². The largest absolute Gasteiger partial charge is 0.480 e. The lowest BCUT2D eigenvalue weighted by Crippen LogP contribution is -2.43. The molecule has 0 saturated carbocycles. The molecule has 1 aromatic rings. The van der Waals surface area contributed by atoms with Gasteiger partial charge in [-0.15, -0.1) is 0 Å². The predicted molar refractivity (Wildman–Crippen MR) is 64.7 cm³/mol. The van der Waals surface area contributed by atoms with E-state index in [-0.39, 0.29) is 13.0 Å². The summed E-state index contributed by atoms with van der Waals surface area (Å²) in [6, 6.07) is -1.63. The molecule has 100 valence electrons. The van der Waals surface area contributed by atoms with E-state index in [0.29, 0.717) is 11.0 Å². The molecule has 0 aromatic carbocycles. The quantitative estimate of drug-likeness (QED) is 0.694. The van der Waals surface area contributed by atoms with Crippen molar-refractivity contribution in [2.45, 2.75) is 19.4 Å². The number of carbonyl (C=O) groups excluding carboxylic acids is 1. The van der Waals surface area contributed by atoms with Gasteiger partial charge in [0.15, 0.2) is 0 Å². The van der Waals surface area contributed by atoms with Gasteiger partial charge in [0.25, 0.3) is 0 Å². The number of hydrogen-bond donors (Lipinski definition) is 3. The normalized spacial score (nSPS) is 11.9. The maximum Gasteiger partial charge on any atom is 0.326 e. The Kier molecular flexibility index (Phi) is 5.46. The smallest absolute Gasteiger partial charge is 0.326 e. The van der Waals surface area contributed by atoms with Gasteiger partial charge in [0, 0.05) is 31.7 Å². The van der Waals surface area contributed by atoms with Crippen LogP contribution in [0.1, 0.15) is 12.2 Å². The van der Waals surface area contributed by atoms with Crippen LogP contribution < -0.4 is 10.6 Å². The second-order valence-corrected chi connectivity index (χ2v) is 4.17. The molecule has 3 N–H and O–H groups in total. The summed E-state index contributed by atoms with van der Waals surface area (Å²) in [5, 5.41) is 13.9. The second kappa shape index (κ2) is 6.87. The molecule has 2 amide bonds. The number of urea groups is 1. The second-order valence-electron chi connectivity index (χ2n) is 3.42. The summed E-state index contributed by atoms with van der Waals surface area (Å²) in [5.41, 5.74) is 0. The van der Waals surface area contributed by atoms with Crippen molar-refractivity contribution in [2.75, 3.05) is 19.0 Å². The molecule has 0 saturated heterocycles. The van der Waals surface area contributed by atoms with E-state index in [2.05, 4.69) is 20.0 Å². The number of carboxylic acid groups (broad SMARTS) is 1. The van der Waals surface area contributed by atoms with Crippen LogP contribution in [0.15, 0.2) is 0 Å². The third-order valence-corrected chi connectivity index (χ3v) is 2.68. The number of aromatic nitrogens is 2. The lowest BCUT2D eigenvalue weighted by molar-refractivity contribution is -0.139. The maximum atomic E-state index is 11.5. The van der Waals surface area contributed by atoms with Crippen molar-refractivity contribution in [2.24, 2.45) is 0 Å². The van der Waals surface area contributed by atoms with Gasteiger partial charge in [-0.3, -0.25) is 5.32 Å². The van der Waals surface area contributed by atoms with Gasteiger partial charge in [0.2, 0.25) is 5.13 Å². The molecule has 18 heavy (non-hydrogen) atoms. The SMILES string of the molecule is COCCC(NC(=O)Nc1nc(C)ns1)C(=O)O. The Bertz CT molecular complexity index is 422. The van der Waals surface area contributed by atoms with E-state index in [4.69, 9.17) is 9.84 Å². The third kappa shape index (κ3) is 4.63. The van der Waals surface area contributed by atoms with Crippen molar-refractivity contribution >= 4 is 28.7 Å². The lowest BCUT2D eigenvalue weighted by atomic mass is 10.2. The Morgan fingerprint density at radius 2 is 2.28 bits per heavy atom. The monoisotopic (exact) mass is 274 g/mol. The summed E-state index contributed by atoms with van der Waals surface area (Å²) < 4.78 is 8.66. The van der Waals surface area contributed by atoms with Crippen molar-refractivity contribution in [3.8, 4) is 0 Å². The van der Waals surface area contributed by atoms with Crippen LogP contribution in [0.4, 0.5) is 9.93 Å². The summed E-state index contributed by atoms with van der Waals surface area (Å²) in [5.74, 6) is -0.569. The number of carboxylic acids is 1. The zero-order valence-electron chi connectivity index (χ0n) is 9.97. The van der Waals surface area contributed by atoms with Gasteiger partial charge in [-0.2, -0.15) is 4.37 Å². The van der Waals surface area contributed by atoms with Crippen molar-refractivity contribution in [1.82, 2.24) is 14.7 Å². The average Bonchev–Trinajstić information content (AvgIpc) is 2.69. The first-order valence-corrected chi connectivity index (χ1v) is 5.90. The number of rotatable bonds is 6. The Morgan fingerprint density at radius 3 is 2.78 bits per heavy atom. The topological polar surface area (TPSA) is 113 Å². The number of nitrogens with zero attached hydrogens (tertiary/aromatic N) is 2. The average molecular weight is 274 g/mol. The number of ether oxygens (including phenoxy) is 1. The number of aryl methyl sites for hydroxylation is 1. The molecular weight excluding hydrogens is 260 g/mol. The first kappa shape index (κ1) is 14.3. The number of hydrogen-bond acceptors (Lipinski definition) is 6. The van der Waals surface area contributed by atoms with Gasteiger partial charge in [0.05, 0.1) is 0 Å². The van der Waals surface area contributed by atoms with Crippen molar-refractivity contribution in [1.29, 1.82) is 0 Å². The number of amides is 2. The zero-order valence-corrected chi connectivity index (χ0v) is 10.8. The maximum absolute atomic E-state index is 11.5. The van der Waals surface area contributed by atoms with Gasteiger partial charge < -0.3 is 15.2 Å². The molecule has 0 radical (unpaired) electrons. The molecule has 1 unspecified atom stereocenters. The Morgan fingerprint density at radius 1 is 1.56 bits per heavy atom. The van der Waals surface area contributed by atoms with Crippen molar-refractivity contribution < 1.29 is 19.4 Å². The molecule has 9 heteroatoms. The molecule has 0 bridgehead atoms. The van der Waals surface area contributed by atoms with Crippen molar-refractivity contribution in [3.05, 3.63) is 5.82 Å². The van der Waals surface area contributed by atoms with Crippen LogP contribution in [0.5, 0.6) is 0 Å². The highest BCUT2D eigenvalue weighted by Gasteiger charge is 2.19. The van der Waals surface area contributed by atoms with E-state index < -0.39 is 18.0 Å². The lowest BCUT2D eigenvalue weighted by Gasteiger charge is -2.13.